The molecular formula is C15H20ClN5. The van der Waals surface area contributed by atoms with Crippen molar-refractivity contribution in [1.29, 1.82) is 0 Å². The standard InChI is InChI=1S/C15H20ClN5/c1-10-3-2-4-12(7-5-10)21-15(18-19-20-21)11-6-8-13(16)14(17)9-11/h6,8-10,12H,2-5,7,17H2,1H3. The summed E-state index contributed by atoms with van der Waals surface area (Å²) in [6, 6.07) is 5.92. The summed E-state index contributed by atoms with van der Waals surface area (Å²) in [5.41, 5.74) is 7.36. The Bertz CT molecular complexity index is 624. The predicted octanol–water partition coefficient (Wildman–Crippen LogP) is 3.72. The van der Waals surface area contributed by atoms with E-state index in [1.807, 2.05) is 16.8 Å². The van der Waals surface area contributed by atoms with E-state index in [-0.39, 0.29) is 0 Å². The van der Waals surface area contributed by atoms with E-state index in [1.54, 1.807) is 6.07 Å². The number of aromatic nitrogens is 4. The number of tetrazole rings is 1. The number of nitrogens with two attached hydrogens (primary N) is 1. The second kappa shape index (κ2) is 6.02. The summed E-state index contributed by atoms with van der Waals surface area (Å²) in [6.07, 6.45) is 6.01. The van der Waals surface area contributed by atoms with Crippen molar-refractivity contribution in [3.8, 4) is 11.4 Å². The van der Waals surface area contributed by atoms with E-state index >= 15 is 0 Å². The van der Waals surface area contributed by atoms with Crippen molar-refractivity contribution < 1.29 is 0 Å². The molecule has 2 aromatic rings. The smallest absolute Gasteiger partial charge is 0.182 e. The van der Waals surface area contributed by atoms with Gasteiger partial charge in [0.1, 0.15) is 0 Å². The van der Waals surface area contributed by atoms with Crippen LogP contribution in [0.2, 0.25) is 5.02 Å². The number of anilines is 1. The zero-order valence-electron chi connectivity index (χ0n) is 12.2. The number of halogens is 1. The summed E-state index contributed by atoms with van der Waals surface area (Å²) < 4.78 is 1.96. The van der Waals surface area contributed by atoms with E-state index in [1.165, 1.54) is 19.3 Å². The average Bonchev–Trinajstić information content (AvgIpc) is 2.85. The minimum Gasteiger partial charge on any atom is -0.398 e. The Kier molecular flexibility index (Phi) is 4.10. The molecule has 2 unspecified atom stereocenters. The van der Waals surface area contributed by atoms with Crippen molar-refractivity contribution in [2.24, 2.45) is 5.92 Å². The van der Waals surface area contributed by atoms with Gasteiger partial charge >= 0.3 is 0 Å². The predicted molar refractivity (Wildman–Crippen MR) is 84.0 cm³/mol. The third-order valence-electron chi connectivity index (χ3n) is 4.32. The monoisotopic (exact) mass is 305 g/mol. The molecule has 3 rings (SSSR count). The fraction of sp³-hybridized carbons (Fsp3) is 0.533. The highest BCUT2D eigenvalue weighted by Gasteiger charge is 2.22. The SMILES string of the molecule is CC1CCCC(n2nnnc2-c2ccc(Cl)c(N)c2)CC1. The van der Waals surface area contributed by atoms with Crippen LogP contribution in [0.25, 0.3) is 11.4 Å². The van der Waals surface area contributed by atoms with Gasteiger partial charge in [-0.1, -0.05) is 31.4 Å². The Labute approximate surface area is 129 Å². The van der Waals surface area contributed by atoms with Crippen molar-refractivity contribution in [3.05, 3.63) is 23.2 Å². The molecule has 1 aromatic carbocycles. The molecule has 1 aliphatic rings. The molecule has 1 heterocycles. The minimum atomic E-state index is 0.372. The number of hydrogen-bond donors (Lipinski definition) is 1. The summed E-state index contributed by atoms with van der Waals surface area (Å²) in [6.45, 7) is 2.32. The normalized spacial score (nSPS) is 23.0. The van der Waals surface area contributed by atoms with E-state index in [0.717, 1.165) is 30.1 Å². The molecule has 112 valence electrons. The quantitative estimate of drug-likeness (QED) is 0.678. The first-order valence-electron chi connectivity index (χ1n) is 7.48. The van der Waals surface area contributed by atoms with Crippen LogP contribution >= 0.6 is 11.6 Å². The van der Waals surface area contributed by atoms with Crippen LogP contribution in [-0.2, 0) is 0 Å². The number of nitrogen functional groups attached to an aromatic ring is 1. The fourth-order valence-electron chi connectivity index (χ4n) is 3.02. The van der Waals surface area contributed by atoms with Gasteiger partial charge in [0.15, 0.2) is 5.82 Å². The van der Waals surface area contributed by atoms with Gasteiger partial charge in [-0.2, -0.15) is 0 Å². The van der Waals surface area contributed by atoms with E-state index in [9.17, 15) is 0 Å². The molecule has 5 nitrogen and oxygen atoms in total. The summed E-state index contributed by atoms with van der Waals surface area (Å²) in [5, 5.41) is 12.8. The molecular weight excluding hydrogens is 286 g/mol. The summed E-state index contributed by atoms with van der Waals surface area (Å²) in [4.78, 5) is 0. The number of nitrogens with zero attached hydrogens (tertiary/aromatic N) is 4. The molecule has 1 saturated carbocycles. The van der Waals surface area contributed by atoms with Gasteiger partial charge in [-0.25, -0.2) is 4.68 Å². The Morgan fingerprint density at radius 1 is 1.24 bits per heavy atom. The molecule has 0 bridgehead atoms. The lowest BCUT2D eigenvalue weighted by atomic mass is 10.0. The molecule has 0 spiro atoms. The first-order chi connectivity index (χ1) is 10.1. The molecule has 2 atom stereocenters. The summed E-state index contributed by atoms with van der Waals surface area (Å²) >= 11 is 5.98. The molecule has 0 radical (unpaired) electrons. The van der Waals surface area contributed by atoms with Gasteiger partial charge < -0.3 is 5.73 Å². The van der Waals surface area contributed by atoms with E-state index < -0.39 is 0 Å². The Hall–Kier alpha value is -1.62. The molecule has 0 aliphatic heterocycles. The van der Waals surface area contributed by atoms with E-state index in [4.69, 9.17) is 17.3 Å². The molecule has 21 heavy (non-hydrogen) atoms. The third kappa shape index (κ3) is 3.02. The maximum absolute atomic E-state index is 5.98. The van der Waals surface area contributed by atoms with Gasteiger partial charge in [-0.05, 0) is 53.8 Å². The summed E-state index contributed by atoms with van der Waals surface area (Å²) in [5.74, 6) is 1.57. The van der Waals surface area contributed by atoms with Gasteiger partial charge in [-0.15, -0.1) is 5.10 Å². The van der Waals surface area contributed by atoms with Gasteiger partial charge in [0.05, 0.1) is 16.8 Å². The second-order valence-electron chi connectivity index (χ2n) is 5.95. The number of rotatable bonds is 2. The zero-order valence-corrected chi connectivity index (χ0v) is 12.9. The highest BCUT2D eigenvalue weighted by Crippen LogP contribution is 2.33. The first-order valence-corrected chi connectivity index (χ1v) is 7.86. The largest absolute Gasteiger partial charge is 0.398 e. The topological polar surface area (TPSA) is 69.6 Å². The summed E-state index contributed by atoms with van der Waals surface area (Å²) in [7, 11) is 0. The molecule has 2 N–H and O–H groups in total. The lowest BCUT2D eigenvalue weighted by Crippen LogP contribution is -2.12. The van der Waals surface area contributed by atoms with E-state index in [0.29, 0.717) is 16.8 Å². The molecule has 6 heteroatoms. The average molecular weight is 306 g/mol. The second-order valence-corrected chi connectivity index (χ2v) is 6.36. The molecule has 0 saturated heterocycles. The lowest BCUT2D eigenvalue weighted by Gasteiger charge is -2.16. The van der Waals surface area contributed by atoms with Gasteiger partial charge in [0.25, 0.3) is 0 Å². The minimum absolute atomic E-state index is 0.372. The molecule has 1 fully saturated rings. The van der Waals surface area contributed by atoms with E-state index in [2.05, 4.69) is 22.4 Å². The molecule has 1 aliphatic carbocycles. The van der Waals surface area contributed by atoms with Crippen molar-refractivity contribution >= 4 is 17.3 Å². The maximum Gasteiger partial charge on any atom is 0.182 e. The Balaban J connectivity index is 1.91. The van der Waals surface area contributed by atoms with Crippen LogP contribution < -0.4 is 5.73 Å². The Morgan fingerprint density at radius 2 is 2.10 bits per heavy atom. The van der Waals surface area contributed by atoms with Crippen LogP contribution in [0.15, 0.2) is 18.2 Å². The zero-order chi connectivity index (χ0) is 14.8. The van der Waals surface area contributed by atoms with Crippen LogP contribution in [0.5, 0.6) is 0 Å². The van der Waals surface area contributed by atoms with Crippen LogP contribution in [0, 0.1) is 5.92 Å². The van der Waals surface area contributed by atoms with Crippen molar-refractivity contribution in [2.75, 3.05) is 5.73 Å². The molecule has 0 amide bonds. The fourth-order valence-corrected chi connectivity index (χ4v) is 3.14. The van der Waals surface area contributed by atoms with Gasteiger partial charge in [-0.3, -0.25) is 0 Å². The first kappa shape index (κ1) is 14.3. The maximum atomic E-state index is 5.98. The van der Waals surface area contributed by atoms with Crippen LogP contribution in [-0.4, -0.2) is 20.2 Å². The van der Waals surface area contributed by atoms with Crippen molar-refractivity contribution in [2.45, 2.75) is 45.1 Å². The van der Waals surface area contributed by atoms with Crippen LogP contribution in [0.4, 0.5) is 5.69 Å². The van der Waals surface area contributed by atoms with Crippen molar-refractivity contribution in [1.82, 2.24) is 20.2 Å². The van der Waals surface area contributed by atoms with Crippen molar-refractivity contribution in [3.63, 3.8) is 0 Å². The van der Waals surface area contributed by atoms with Crippen LogP contribution in [0.1, 0.15) is 45.1 Å². The van der Waals surface area contributed by atoms with Gasteiger partial charge in [0.2, 0.25) is 0 Å². The van der Waals surface area contributed by atoms with Gasteiger partial charge in [0, 0.05) is 5.56 Å². The lowest BCUT2D eigenvalue weighted by molar-refractivity contribution is 0.394. The number of hydrogen-bond acceptors (Lipinski definition) is 4. The highest BCUT2D eigenvalue weighted by molar-refractivity contribution is 6.33. The molecule has 1 aromatic heterocycles. The Morgan fingerprint density at radius 3 is 2.90 bits per heavy atom. The third-order valence-corrected chi connectivity index (χ3v) is 4.66. The van der Waals surface area contributed by atoms with Crippen LogP contribution in [0.3, 0.4) is 0 Å². The number of benzene rings is 1. The highest BCUT2D eigenvalue weighted by atomic mass is 35.5.